The number of rotatable bonds is 15. The number of hydrogen-bond acceptors (Lipinski definition) is 7. The Kier molecular flexibility index (Phi) is 12.2. The number of allylic oxidation sites excluding steroid dienone is 1. The highest BCUT2D eigenvalue weighted by molar-refractivity contribution is 6.00. The fourth-order valence-corrected chi connectivity index (χ4v) is 14.1. The Balaban J connectivity index is 1.28. The van der Waals surface area contributed by atoms with E-state index >= 15 is 0 Å². The van der Waals surface area contributed by atoms with Crippen molar-refractivity contribution in [1.82, 2.24) is 9.80 Å². The third-order valence-electron chi connectivity index (χ3n) is 17.8. The number of aliphatic hydroxyl groups excluding tert-OH is 1. The molecule has 0 aromatic heterocycles. The summed E-state index contributed by atoms with van der Waals surface area (Å²) in [7, 11) is 0. The van der Waals surface area contributed by atoms with Crippen molar-refractivity contribution in [3.63, 3.8) is 0 Å². The summed E-state index contributed by atoms with van der Waals surface area (Å²) < 4.78 is 6.19. The highest BCUT2D eigenvalue weighted by atomic mass is 16.5. The van der Waals surface area contributed by atoms with E-state index in [1.807, 2.05) is 4.90 Å². The molecule has 6 aliphatic carbocycles. The van der Waals surface area contributed by atoms with Gasteiger partial charge in [0.05, 0.1) is 24.5 Å². The fourth-order valence-electron chi connectivity index (χ4n) is 14.1. The molecular formula is C48H78N2O7. The van der Waals surface area contributed by atoms with Crippen molar-refractivity contribution in [2.45, 2.75) is 172 Å². The summed E-state index contributed by atoms with van der Waals surface area (Å²) in [6.45, 7) is 26.9. The number of carbonyl (C=O) groups is 4. The van der Waals surface area contributed by atoms with Gasteiger partial charge >= 0.3 is 11.9 Å². The van der Waals surface area contributed by atoms with Crippen molar-refractivity contribution in [3.05, 3.63) is 11.1 Å². The van der Waals surface area contributed by atoms with E-state index in [4.69, 9.17) is 4.74 Å². The van der Waals surface area contributed by atoms with Gasteiger partial charge in [-0.2, -0.15) is 0 Å². The maximum Gasteiger partial charge on any atom is 0.309 e. The summed E-state index contributed by atoms with van der Waals surface area (Å²) in [5, 5.41) is 22.3. The van der Waals surface area contributed by atoms with E-state index in [0.29, 0.717) is 43.8 Å². The van der Waals surface area contributed by atoms with Gasteiger partial charge in [0.1, 0.15) is 6.10 Å². The van der Waals surface area contributed by atoms with Crippen LogP contribution < -0.4 is 0 Å². The van der Waals surface area contributed by atoms with Gasteiger partial charge in [0.25, 0.3) is 0 Å². The first-order valence-corrected chi connectivity index (χ1v) is 22.9. The minimum absolute atomic E-state index is 0.0149. The van der Waals surface area contributed by atoms with Crippen LogP contribution in [0.4, 0.5) is 0 Å². The predicted molar refractivity (Wildman–Crippen MR) is 223 cm³/mol. The van der Waals surface area contributed by atoms with Crippen LogP contribution in [0.1, 0.15) is 160 Å². The standard InChI is InChI=1S/C48H78N2O7/c1-12-24-49(13-2)29-38(53)50(27-31-14-15-31)28-36(52)48-23-22-46(10)32(41(48)40(30(3)4)33(51)25-48)16-17-35-45(9)20-19-37(57-39(54)26-43(5,6)42(55)56)44(7,8)34(45)18-21-47(35,46)11/h30-32,34-37,52H,12-29H2,1-11H3,(H,55,56). The Labute approximate surface area is 344 Å². The Bertz CT molecular complexity index is 1610. The van der Waals surface area contributed by atoms with Crippen LogP contribution in [-0.4, -0.2) is 88.6 Å². The molecule has 322 valence electrons. The number of amides is 1. The maximum atomic E-state index is 14.3. The number of ketones is 1. The SMILES string of the molecule is CCCN(CC)CC(=O)N(CC1CC1)CC(O)C12CCC3(C)C(CCC4C5(C)CCC(OC(=O)CC(C)(C)C(=O)O)C(C)(C)C5CCC43C)C1=C(C(C)C)C(=O)C2. The number of aliphatic hydroxyl groups is 1. The Morgan fingerprint density at radius 1 is 0.895 bits per heavy atom. The average Bonchev–Trinajstić information content (AvgIpc) is 3.88. The molecule has 0 aromatic rings. The molecule has 9 heteroatoms. The first-order valence-electron chi connectivity index (χ1n) is 22.9. The van der Waals surface area contributed by atoms with Gasteiger partial charge < -0.3 is 19.8 Å². The third kappa shape index (κ3) is 7.47. The van der Waals surface area contributed by atoms with E-state index < -0.39 is 28.9 Å². The van der Waals surface area contributed by atoms with Gasteiger partial charge in [-0.25, -0.2) is 0 Å². The summed E-state index contributed by atoms with van der Waals surface area (Å²) in [4.78, 5) is 57.4. The highest BCUT2D eigenvalue weighted by Crippen LogP contribution is 2.77. The molecule has 0 spiro atoms. The van der Waals surface area contributed by atoms with Crippen LogP contribution in [0.2, 0.25) is 0 Å². The summed E-state index contributed by atoms with van der Waals surface area (Å²) in [5.74, 6) is 0.455. The second-order valence-corrected chi connectivity index (χ2v) is 22.2. The lowest BCUT2D eigenvalue weighted by atomic mass is 9.33. The molecule has 2 N–H and O–H groups in total. The number of carboxylic acid groups (broad SMARTS) is 1. The molecule has 6 rings (SSSR count). The molecule has 5 saturated carbocycles. The molecule has 9 nitrogen and oxygen atoms in total. The molecule has 0 aliphatic heterocycles. The largest absolute Gasteiger partial charge is 0.481 e. The van der Waals surface area contributed by atoms with Crippen LogP contribution >= 0.6 is 0 Å². The Hall–Kier alpha value is -2.26. The molecule has 0 bridgehead atoms. The van der Waals surface area contributed by atoms with Crippen molar-refractivity contribution in [3.8, 4) is 0 Å². The van der Waals surface area contributed by atoms with Crippen LogP contribution in [0.5, 0.6) is 0 Å². The summed E-state index contributed by atoms with van der Waals surface area (Å²) in [6.07, 6.45) is 9.99. The number of Topliss-reactive ketones (excluding diaryl/α,β-unsaturated/α-hetero) is 1. The fraction of sp³-hybridized carbons (Fsp3) is 0.875. The molecule has 0 aromatic carbocycles. The maximum absolute atomic E-state index is 14.3. The summed E-state index contributed by atoms with van der Waals surface area (Å²) >= 11 is 0. The third-order valence-corrected chi connectivity index (χ3v) is 17.8. The molecule has 1 amide bonds. The van der Waals surface area contributed by atoms with E-state index in [-0.39, 0.29) is 57.7 Å². The topological polar surface area (TPSA) is 124 Å². The van der Waals surface area contributed by atoms with Gasteiger partial charge in [-0.1, -0.05) is 67.9 Å². The lowest BCUT2D eigenvalue weighted by Crippen LogP contribution is -2.66. The average molecular weight is 795 g/mol. The van der Waals surface area contributed by atoms with Gasteiger partial charge in [0.2, 0.25) is 5.91 Å². The monoisotopic (exact) mass is 795 g/mol. The first-order chi connectivity index (χ1) is 26.5. The molecule has 9 unspecified atom stereocenters. The van der Waals surface area contributed by atoms with E-state index in [1.54, 1.807) is 13.8 Å². The van der Waals surface area contributed by atoms with Crippen LogP contribution in [-0.2, 0) is 23.9 Å². The normalized spacial score (nSPS) is 36.6. The van der Waals surface area contributed by atoms with E-state index in [1.165, 1.54) is 5.57 Å². The summed E-state index contributed by atoms with van der Waals surface area (Å²) in [6, 6.07) is 0. The van der Waals surface area contributed by atoms with Gasteiger partial charge in [-0.05, 0) is 149 Å². The smallest absolute Gasteiger partial charge is 0.309 e. The first kappa shape index (κ1) is 44.3. The number of esters is 1. The molecule has 0 heterocycles. The number of carbonyl (C=O) groups excluding carboxylic acids is 3. The van der Waals surface area contributed by atoms with Crippen molar-refractivity contribution >= 4 is 23.6 Å². The molecule has 0 saturated heterocycles. The number of likely N-dealkylation sites (N-methyl/N-ethyl adjacent to an activating group) is 1. The number of nitrogens with zero attached hydrogens (tertiary/aromatic N) is 2. The Morgan fingerprint density at radius 2 is 1.58 bits per heavy atom. The Morgan fingerprint density at radius 3 is 2.18 bits per heavy atom. The lowest BCUT2D eigenvalue weighted by Gasteiger charge is -2.72. The second kappa shape index (κ2) is 15.6. The molecule has 0 radical (unpaired) electrons. The minimum Gasteiger partial charge on any atom is -0.481 e. The van der Waals surface area contributed by atoms with E-state index in [9.17, 15) is 29.4 Å². The van der Waals surface area contributed by atoms with Crippen molar-refractivity contribution < 1.29 is 34.1 Å². The van der Waals surface area contributed by atoms with Crippen molar-refractivity contribution in [2.24, 2.45) is 62.1 Å². The number of hydrogen-bond donors (Lipinski definition) is 2. The molecule has 57 heavy (non-hydrogen) atoms. The summed E-state index contributed by atoms with van der Waals surface area (Å²) in [5.41, 5.74) is 0.121. The molecule has 9 atom stereocenters. The van der Waals surface area contributed by atoms with Gasteiger partial charge in [-0.3, -0.25) is 24.1 Å². The van der Waals surface area contributed by atoms with Gasteiger partial charge in [-0.15, -0.1) is 0 Å². The quantitative estimate of drug-likeness (QED) is 0.158. The molecular weight excluding hydrogens is 717 g/mol. The number of aliphatic carboxylic acids is 1. The van der Waals surface area contributed by atoms with Gasteiger partial charge in [0.15, 0.2) is 5.78 Å². The number of carboxylic acids is 1. The predicted octanol–water partition coefficient (Wildman–Crippen LogP) is 8.71. The molecule has 5 fully saturated rings. The van der Waals surface area contributed by atoms with Crippen LogP contribution in [0.15, 0.2) is 11.1 Å². The van der Waals surface area contributed by atoms with Crippen LogP contribution in [0.3, 0.4) is 0 Å². The zero-order chi connectivity index (χ0) is 42.1. The van der Waals surface area contributed by atoms with Crippen LogP contribution in [0.25, 0.3) is 0 Å². The van der Waals surface area contributed by atoms with Crippen molar-refractivity contribution in [1.29, 1.82) is 0 Å². The van der Waals surface area contributed by atoms with Crippen LogP contribution in [0, 0.1) is 62.1 Å². The van der Waals surface area contributed by atoms with Gasteiger partial charge in [0, 0.05) is 30.3 Å². The minimum atomic E-state index is -1.17. The zero-order valence-corrected chi connectivity index (χ0v) is 37.6. The zero-order valence-electron chi connectivity index (χ0n) is 37.6. The number of fused-ring (bicyclic) bond motifs is 7. The van der Waals surface area contributed by atoms with Crippen molar-refractivity contribution in [2.75, 3.05) is 32.7 Å². The van der Waals surface area contributed by atoms with E-state index in [2.05, 4.69) is 67.2 Å². The second-order valence-electron chi connectivity index (χ2n) is 22.2. The van der Waals surface area contributed by atoms with E-state index in [0.717, 1.165) is 89.3 Å². The number of ether oxygens (including phenoxy) is 1. The molecule has 6 aliphatic rings. The lowest BCUT2D eigenvalue weighted by molar-refractivity contribution is -0.235. The highest BCUT2D eigenvalue weighted by Gasteiger charge is 2.71.